The van der Waals surface area contributed by atoms with Gasteiger partial charge in [0, 0.05) is 6.04 Å². The number of hydrogen-bond donors (Lipinski definition) is 3. The van der Waals surface area contributed by atoms with E-state index in [0.29, 0.717) is 18.9 Å². The first kappa shape index (κ1) is 10.4. The fourth-order valence-electron chi connectivity index (χ4n) is 1.75. The molecule has 0 bridgehead atoms. The maximum absolute atomic E-state index is 11.3. The number of carbonyl (C=O) groups excluding carboxylic acids is 1. The standard InChI is InChI=1S/C10H16N2O3/c13-8(12-7-2-3-7)6-11-10(9(14)15)4-1-5-10/h7,11H,1-6H2,(H,12,13)(H,14,15). The highest BCUT2D eigenvalue weighted by Gasteiger charge is 2.44. The van der Waals surface area contributed by atoms with Crippen LogP contribution in [-0.4, -0.2) is 35.1 Å². The molecule has 0 atom stereocenters. The number of rotatable bonds is 5. The van der Waals surface area contributed by atoms with Crippen LogP contribution in [0.5, 0.6) is 0 Å². The number of aliphatic carboxylic acids is 1. The molecule has 0 aromatic rings. The lowest BCUT2D eigenvalue weighted by atomic mass is 9.77. The summed E-state index contributed by atoms with van der Waals surface area (Å²) in [6.07, 6.45) is 4.27. The number of carbonyl (C=O) groups is 2. The van der Waals surface area contributed by atoms with E-state index >= 15 is 0 Å². The lowest BCUT2D eigenvalue weighted by molar-refractivity contribution is -0.149. The molecular weight excluding hydrogens is 196 g/mol. The Labute approximate surface area is 88.2 Å². The lowest BCUT2D eigenvalue weighted by Gasteiger charge is -2.38. The molecule has 5 heteroatoms. The molecule has 0 heterocycles. The number of carboxylic acid groups (broad SMARTS) is 1. The summed E-state index contributed by atoms with van der Waals surface area (Å²) in [6, 6.07) is 0.335. The number of amides is 1. The fraction of sp³-hybridized carbons (Fsp3) is 0.800. The summed E-state index contributed by atoms with van der Waals surface area (Å²) in [6.45, 7) is 0.114. The normalized spacial score (nSPS) is 22.9. The van der Waals surface area contributed by atoms with Crippen LogP contribution in [0.1, 0.15) is 32.1 Å². The average molecular weight is 212 g/mol. The Morgan fingerprint density at radius 3 is 2.40 bits per heavy atom. The highest BCUT2D eigenvalue weighted by atomic mass is 16.4. The van der Waals surface area contributed by atoms with Gasteiger partial charge >= 0.3 is 5.97 Å². The van der Waals surface area contributed by atoms with E-state index < -0.39 is 11.5 Å². The van der Waals surface area contributed by atoms with E-state index in [-0.39, 0.29) is 12.5 Å². The Bertz CT molecular complexity index is 282. The molecule has 0 spiro atoms. The predicted octanol–water partition coefficient (Wildman–Crippen LogP) is -0.138. The molecule has 0 saturated heterocycles. The summed E-state index contributed by atoms with van der Waals surface area (Å²) in [7, 11) is 0. The summed E-state index contributed by atoms with van der Waals surface area (Å²) in [5, 5.41) is 14.7. The van der Waals surface area contributed by atoms with Gasteiger partial charge in [-0.3, -0.25) is 14.9 Å². The van der Waals surface area contributed by atoms with Crippen molar-refractivity contribution in [3.05, 3.63) is 0 Å². The van der Waals surface area contributed by atoms with Crippen molar-refractivity contribution < 1.29 is 14.7 Å². The Kier molecular flexibility index (Phi) is 2.65. The highest BCUT2D eigenvalue weighted by Crippen LogP contribution is 2.31. The van der Waals surface area contributed by atoms with Crippen molar-refractivity contribution in [2.24, 2.45) is 0 Å². The van der Waals surface area contributed by atoms with Crippen molar-refractivity contribution in [1.82, 2.24) is 10.6 Å². The van der Waals surface area contributed by atoms with Gasteiger partial charge in [0.05, 0.1) is 6.54 Å². The van der Waals surface area contributed by atoms with Gasteiger partial charge < -0.3 is 10.4 Å². The molecule has 84 valence electrons. The Morgan fingerprint density at radius 1 is 1.33 bits per heavy atom. The van der Waals surface area contributed by atoms with Crippen molar-refractivity contribution in [3.8, 4) is 0 Å². The van der Waals surface area contributed by atoms with Crippen LogP contribution in [0.3, 0.4) is 0 Å². The van der Waals surface area contributed by atoms with E-state index in [1.54, 1.807) is 0 Å². The van der Waals surface area contributed by atoms with Gasteiger partial charge in [0.2, 0.25) is 5.91 Å². The van der Waals surface area contributed by atoms with E-state index in [9.17, 15) is 9.59 Å². The number of hydrogen-bond acceptors (Lipinski definition) is 3. The van der Waals surface area contributed by atoms with Crippen molar-refractivity contribution in [1.29, 1.82) is 0 Å². The maximum Gasteiger partial charge on any atom is 0.323 e. The molecule has 0 unspecified atom stereocenters. The molecular formula is C10H16N2O3. The second-order valence-electron chi connectivity index (χ2n) is 4.44. The van der Waals surface area contributed by atoms with Gasteiger partial charge in [0.25, 0.3) is 0 Å². The van der Waals surface area contributed by atoms with E-state index in [1.807, 2.05) is 0 Å². The van der Waals surface area contributed by atoms with Crippen molar-refractivity contribution in [2.75, 3.05) is 6.54 Å². The maximum atomic E-state index is 11.3. The minimum Gasteiger partial charge on any atom is -0.480 e. The molecule has 2 aliphatic rings. The second-order valence-corrected chi connectivity index (χ2v) is 4.44. The van der Waals surface area contributed by atoms with Crippen molar-refractivity contribution in [2.45, 2.75) is 43.7 Å². The largest absolute Gasteiger partial charge is 0.480 e. The zero-order chi connectivity index (χ0) is 10.9. The van der Waals surface area contributed by atoms with Crippen LogP contribution in [0.2, 0.25) is 0 Å². The Hall–Kier alpha value is -1.10. The molecule has 2 aliphatic carbocycles. The van der Waals surface area contributed by atoms with Crippen LogP contribution in [0, 0.1) is 0 Å². The summed E-state index contributed by atoms with van der Waals surface area (Å²) >= 11 is 0. The average Bonchev–Trinajstić information content (AvgIpc) is 2.85. The third-order valence-electron chi connectivity index (χ3n) is 3.15. The third kappa shape index (κ3) is 2.28. The van der Waals surface area contributed by atoms with Crippen molar-refractivity contribution >= 4 is 11.9 Å². The van der Waals surface area contributed by atoms with Crippen LogP contribution in [-0.2, 0) is 9.59 Å². The minimum absolute atomic E-state index is 0.0926. The van der Waals surface area contributed by atoms with Crippen LogP contribution in [0.4, 0.5) is 0 Å². The van der Waals surface area contributed by atoms with E-state index in [1.165, 1.54) is 0 Å². The Morgan fingerprint density at radius 2 is 2.00 bits per heavy atom. The zero-order valence-electron chi connectivity index (χ0n) is 8.58. The SMILES string of the molecule is O=C(CNC1(C(=O)O)CCC1)NC1CC1. The monoisotopic (exact) mass is 212 g/mol. The molecule has 0 radical (unpaired) electrons. The molecule has 3 N–H and O–H groups in total. The van der Waals surface area contributed by atoms with Crippen molar-refractivity contribution in [3.63, 3.8) is 0 Å². The zero-order valence-corrected chi connectivity index (χ0v) is 8.58. The smallest absolute Gasteiger partial charge is 0.323 e. The summed E-state index contributed by atoms with van der Waals surface area (Å²) in [5.74, 6) is -0.932. The predicted molar refractivity (Wildman–Crippen MR) is 53.4 cm³/mol. The summed E-state index contributed by atoms with van der Waals surface area (Å²) in [5.41, 5.74) is -0.832. The molecule has 15 heavy (non-hydrogen) atoms. The van der Waals surface area contributed by atoms with Crippen LogP contribution >= 0.6 is 0 Å². The third-order valence-corrected chi connectivity index (χ3v) is 3.15. The van der Waals surface area contributed by atoms with Gasteiger partial charge in [-0.15, -0.1) is 0 Å². The summed E-state index contributed by atoms with van der Waals surface area (Å²) < 4.78 is 0. The minimum atomic E-state index is -0.840. The number of nitrogens with one attached hydrogen (secondary N) is 2. The fourth-order valence-corrected chi connectivity index (χ4v) is 1.75. The molecule has 5 nitrogen and oxygen atoms in total. The quantitative estimate of drug-likeness (QED) is 0.593. The molecule has 2 rings (SSSR count). The van der Waals surface area contributed by atoms with E-state index in [0.717, 1.165) is 19.3 Å². The van der Waals surface area contributed by atoms with Crippen LogP contribution in [0.15, 0.2) is 0 Å². The van der Waals surface area contributed by atoms with Gasteiger partial charge in [-0.05, 0) is 32.1 Å². The topological polar surface area (TPSA) is 78.4 Å². The Balaban J connectivity index is 1.75. The lowest BCUT2D eigenvalue weighted by Crippen LogP contribution is -2.59. The summed E-state index contributed by atoms with van der Waals surface area (Å²) in [4.78, 5) is 22.3. The van der Waals surface area contributed by atoms with E-state index in [2.05, 4.69) is 10.6 Å². The van der Waals surface area contributed by atoms with Gasteiger partial charge in [-0.2, -0.15) is 0 Å². The number of carboxylic acids is 1. The van der Waals surface area contributed by atoms with Crippen LogP contribution < -0.4 is 10.6 Å². The molecule has 0 aromatic heterocycles. The molecule has 0 aromatic carbocycles. The molecule has 1 amide bonds. The van der Waals surface area contributed by atoms with Gasteiger partial charge in [0.15, 0.2) is 0 Å². The van der Waals surface area contributed by atoms with Gasteiger partial charge in [0.1, 0.15) is 5.54 Å². The molecule has 2 fully saturated rings. The highest BCUT2D eigenvalue weighted by molar-refractivity contribution is 5.83. The molecule has 2 saturated carbocycles. The first-order valence-corrected chi connectivity index (χ1v) is 5.40. The first-order valence-electron chi connectivity index (χ1n) is 5.40. The van der Waals surface area contributed by atoms with Crippen LogP contribution in [0.25, 0.3) is 0 Å². The van der Waals surface area contributed by atoms with E-state index in [4.69, 9.17) is 5.11 Å². The second kappa shape index (κ2) is 3.81. The van der Waals surface area contributed by atoms with Gasteiger partial charge in [-0.25, -0.2) is 0 Å². The van der Waals surface area contributed by atoms with Gasteiger partial charge in [-0.1, -0.05) is 0 Å². The molecule has 0 aliphatic heterocycles. The first-order chi connectivity index (χ1) is 7.12.